The molecule has 1 aromatic heterocycles. The van der Waals surface area contributed by atoms with Crippen LogP contribution in [0.2, 0.25) is 0 Å². The Labute approximate surface area is 181 Å². The average molecular weight is 421 g/mol. The number of rotatable bonds is 4. The zero-order chi connectivity index (χ0) is 21.7. The Bertz CT molecular complexity index is 1040. The first kappa shape index (κ1) is 19.9. The van der Waals surface area contributed by atoms with Crippen molar-refractivity contribution in [3.8, 4) is 5.75 Å². The highest BCUT2D eigenvalue weighted by Crippen LogP contribution is 2.49. The Morgan fingerprint density at radius 2 is 1.90 bits per heavy atom. The lowest BCUT2D eigenvalue weighted by Crippen LogP contribution is -2.43. The maximum Gasteiger partial charge on any atom is 0.290 e. The molecule has 1 fully saturated rings. The summed E-state index contributed by atoms with van der Waals surface area (Å²) in [6.45, 7) is 4.65. The van der Waals surface area contributed by atoms with Crippen LogP contribution in [0.1, 0.15) is 44.1 Å². The fraction of sp³-hybridized carbons (Fsp3) is 0.440. The molecular formula is C25H27NO5. The number of fused-ring (bicyclic) bond motifs is 1. The number of Topliss-reactive ketones (excluding diaryl/α,β-unsaturated/α-hetero) is 1. The number of carbonyl (C=O) groups excluding carboxylic acids is 2. The van der Waals surface area contributed by atoms with Crippen LogP contribution in [0.4, 0.5) is 0 Å². The molecule has 5 atom stereocenters. The molecule has 0 bridgehead atoms. The Balaban J connectivity index is 1.59. The lowest BCUT2D eigenvalue weighted by molar-refractivity contribution is -0.137. The molecule has 0 N–H and O–H groups in total. The number of ketones is 1. The maximum atomic E-state index is 13.8. The van der Waals surface area contributed by atoms with Crippen molar-refractivity contribution in [3.05, 3.63) is 65.3 Å². The smallest absolute Gasteiger partial charge is 0.290 e. The molecule has 3 heterocycles. The molecule has 5 rings (SSSR count). The van der Waals surface area contributed by atoms with Gasteiger partial charge in [0.2, 0.25) is 0 Å². The highest BCUT2D eigenvalue weighted by atomic mass is 16.5. The molecule has 3 aliphatic rings. The van der Waals surface area contributed by atoms with E-state index in [2.05, 4.69) is 13.8 Å². The molecule has 5 unspecified atom stereocenters. The van der Waals surface area contributed by atoms with Crippen LogP contribution in [0, 0.1) is 17.8 Å². The van der Waals surface area contributed by atoms with Crippen LogP contribution in [-0.4, -0.2) is 29.8 Å². The zero-order valence-electron chi connectivity index (χ0n) is 18.0. The summed E-state index contributed by atoms with van der Waals surface area (Å²) in [5.41, 5.74) is 1.31. The normalized spacial score (nSPS) is 30.2. The maximum absolute atomic E-state index is 13.8. The minimum Gasteiger partial charge on any atom is -0.497 e. The molecule has 1 amide bonds. The van der Waals surface area contributed by atoms with Crippen molar-refractivity contribution in [2.24, 2.45) is 17.8 Å². The van der Waals surface area contributed by atoms with E-state index in [9.17, 15) is 9.59 Å². The number of benzene rings is 1. The van der Waals surface area contributed by atoms with E-state index in [1.807, 2.05) is 30.3 Å². The summed E-state index contributed by atoms with van der Waals surface area (Å²) in [4.78, 5) is 28.9. The van der Waals surface area contributed by atoms with E-state index in [0.29, 0.717) is 28.9 Å². The summed E-state index contributed by atoms with van der Waals surface area (Å²) in [6, 6.07) is 10.6. The van der Waals surface area contributed by atoms with Crippen LogP contribution >= 0.6 is 0 Å². The number of methoxy groups -OCH3 is 1. The van der Waals surface area contributed by atoms with Crippen LogP contribution in [0.3, 0.4) is 0 Å². The molecule has 2 aromatic rings. The number of ether oxygens (including phenoxy) is 2. The van der Waals surface area contributed by atoms with Crippen LogP contribution in [0.25, 0.3) is 0 Å². The number of carbonyl (C=O) groups is 2. The van der Waals surface area contributed by atoms with Crippen molar-refractivity contribution in [1.82, 2.24) is 4.90 Å². The third kappa shape index (κ3) is 3.25. The van der Waals surface area contributed by atoms with Gasteiger partial charge < -0.3 is 18.8 Å². The number of amides is 1. The van der Waals surface area contributed by atoms with Gasteiger partial charge in [-0.3, -0.25) is 9.59 Å². The van der Waals surface area contributed by atoms with Crippen LogP contribution in [-0.2, 0) is 20.9 Å². The highest BCUT2D eigenvalue weighted by molar-refractivity contribution is 6.11. The summed E-state index contributed by atoms with van der Waals surface area (Å²) in [5, 5.41) is 0. The minimum atomic E-state index is -0.522. The van der Waals surface area contributed by atoms with E-state index in [1.165, 1.54) is 0 Å². The Kier molecular flexibility index (Phi) is 4.88. The second-order valence-corrected chi connectivity index (χ2v) is 8.99. The monoisotopic (exact) mass is 421 g/mol. The van der Waals surface area contributed by atoms with Gasteiger partial charge >= 0.3 is 0 Å². The van der Waals surface area contributed by atoms with Crippen molar-refractivity contribution in [2.75, 3.05) is 7.11 Å². The zero-order valence-corrected chi connectivity index (χ0v) is 18.0. The first-order chi connectivity index (χ1) is 15.0. The molecule has 162 valence electrons. The third-order valence-electron chi connectivity index (χ3n) is 7.12. The lowest BCUT2D eigenvalue weighted by atomic mass is 9.70. The summed E-state index contributed by atoms with van der Waals surface area (Å²) in [5.74, 6) is 2.06. The van der Waals surface area contributed by atoms with Gasteiger partial charge in [0.25, 0.3) is 5.91 Å². The van der Waals surface area contributed by atoms with Crippen molar-refractivity contribution in [2.45, 2.75) is 45.4 Å². The first-order valence-corrected chi connectivity index (χ1v) is 10.9. The highest BCUT2D eigenvalue weighted by Gasteiger charge is 2.53. The van der Waals surface area contributed by atoms with Gasteiger partial charge in [0.15, 0.2) is 11.5 Å². The molecule has 0 radical (unpaired) electrons. The fourth-order valence-corrected chi connectivity index (χ4v) is 5.20. The lowest BCUT2D eigenvalue weighted by Gasteiger charge is -2.40. The van der Waals surface area contributed by atoms with Crippen molar-refractivity contribution >= 4 is 11.7 Å². The quantitative estimate of drug-likeness (QED) is 0.737. The van der Waals surface area contributed by atoms with Crippen LogP contribution in [0.5, 0.6) is 5.75 Å². The van der Waals surface area contributed by atoms with Gasteiger partial charge in [-0.05, 0) is 54.5 Å². The van der Waals surface area contributed by atoms with E-state index in [1.54, 1.807) is 24.3 Å². The second-order valence-electron chi connectivity index (χ2n) is 8.99. The predicted molar refractivity (Wildman–Crippen MR) is 113 cm³/mol. The number of hydrogen-bond donors (Lipinski definition) is 0. The SMILES string of the molecule is COc1cccc(C2C3=C(OC4CC(C)C(C)CC4C3=O)C(=O)N2Cc2ccco2)c1. The van der Waals surface area contributed by atoms with Gasteiger partial charge in [-0.25, -0.2) is 0 Å². The largest absolute Gasteiger partial charge is 0.497 e. The molecule has 6 heteroatoms. The van der Waals surface area contributed by atoms with Crippen molar-refractivity contribution in [1.29, 1.82) is 0 Å². The topological polar surface area (TPSA) is 69.0 Å². The van der Waals surface area contributed by atoms with Gasteiger partial charge in [0.1, 0.15) is 17.6 Å². The Morgan fingerprint density at radius 1 is 1.10 bits per heavy atom. The Morgan fingerprint density at radius 3 is 2.65 bits per heavy atom. The van der Waals surface area contributed by atoms with E-state index >= 15 is 0 Å². The molecule has 0 saturated heterocycles. The molecular weight excluding hydrogens is 394 g/mol. The number of nitrogens with zero attached hydrogens (tertiary/aromatic N) is 1. The fourth-order valence-electron chi connectivity index (χ4n) is 5.20. The molecule has 1 saturated carbocycles. The van der Waals surface area contributed by atoms with Crippen LogP contribution in [0.15, 0.2) is 58.4 Å². The standard InChI is InChI=1S/C25H27NO5/c1-14-10-19-20(11-15(14)2)31-24-21(23(19)27)22(16-6-4-7-17(12-16)29-3)26(25(24)28)13-18-8-5-9-30-18/h4-9,12,14-15,19-20,22H,10-11,13H2,1-3H3. The molecule has 31 heavy (non-hydrogen) atoms. The van der Waals surface area contributed by atoms with Crippen molar-refractivity contribution in [3.63, 3.8) is 0 Å². The predicted octanol–water partition coefficient (Wildman–Crippen LogP) is 4.28. The van der Waals surface area contributed by atoms with Gasteiger partial charge in [-0.2, -0.15) is 0 Å². The van der Waals surface area contributed by atoms with Crippen molar-refractivity contribution < 1.29 is 23.5 Å². The van der Waals surface area contributed by atoms with Gasteiger partial charge in [-0.15, -0.1) is 0 Å². The van der Waals surface area contributed by atoms with Gasteiger partial charge in [-0.1, -0.05) is 26.0 Å². The average Bonchev–Trinajstić information content (AvgIpc) is 3.37. The molecule has 6 nitrogen and oxygen atoms in total. The summed E-state index contributed by atoms with van der Waals surface area (Å²) < 4.78 is 17.2. The third-order valence-corrected chi connectivity index (χ3v) is 7.12. The molecule has 2 aliphatic heterocycles. The molecule has 1 aromatic carbocycles. The van der Waals surface area contributed by atoms with E-state index < -0.39 is 6.04 Å². The van der Waals surface area contributed by atoms with E-state index in [4.69, 9.17) is 13.9 Å². The van der Waals surface area contributed by atoms with E-state index in [-0.39, 0.29) is 36.0 Å². The van der Waals surface area contributed by atoms with Gasteiger partial charge in [0.05, 0.1) is 37.5 Å². The molecule has 1 aliphatic carbocycles. The summed E-state index contributed by atoms with van der Waals surface area (Å²) in [7, 11) is 1.61. The second kappa shape index (κ2) is 7.59. The minimum absolute atomic E-state index is 0.0492. The van der Waals surface area contributed by atoms with E-state index in [0.717, 1.165) is 18.4 Å². The van der Waals surface area contributed by atoms with Crippen LogP contribution < -0.4 is 4.74 Å². The molecule has 0 spiro atoms. The Hall–Kier alpha value is -3.02. The first-order valence-electron chi connectivity index (χ1n) is 10.9. The summed E-state index contributed by atoms with van der Waals surface area (Å²) >= 11 is 0. The summed E-state index contributed by atoms with van der Waals surface area (Å²) in [6.07, 6.45) is 2.95. The number of furan rings is 1. The van der Waals surface area contributed by atoms with Gasteiger partial charge in [0, 0.05) is 0 Å². The number of hydrogen-bond acceptors (Lipinski definition) is 5.